The quantitative estimate of drug-likeness (QED) is 0.746. The number of hydrogen-bond acceptors (Lipinski definition) is 6. The standard InChI is InChI=1S/C9H15N3O2S2/c1-6(4-14-2)12-7(13)5-15-8-3-11-9(10)16-8/h3,6H,4-5H2,1-2H3,(H2,10,11)(H,12,13). The molecule has 90 valence electrons. The maximum Gasteiger partial charge on any atom is 0.230 e. The highest BCUT2D eigenvalue weighted by molar-refractivity contribution is 8.01. The molecule has 0 aliphatic heterocycles. The number of nitrogens with zero attached hydrogens (tertiary/aromatic N) is 1. The molecule has 1 aromatic rings. The number of hydrogen-bond donors (Lipinski definition) is 2. The van der Waals surface area contributed by atoms with Crippen molar-refractivity contribution in [2.75, 3.05) is 25.2 Å². The van der Waals surface area contributed by atoms with E-state index in [1.54, 1.807) is 13.3 Å². The molecule has 7 heteroatoms. The lowest BCUT2D eigenvalue weighted by Crippen LogP contribution is -2.36. The number of ether oxygens (including phenoxy) is 1. The molecule has 1 rings (SSSR count). The zero-order valence-electron chi connectivity index (χ0n) is 9.23. The van der Waals surface area contributed by atoms with Crippen molar-refractivity contribution in [2.45, 2.75) is 17.2 Å². The van der Waals surface area contributed by atoms with Crippen LogP contribution in [0.3, 0.4) is 0 Å². The number of carbonyl (C=O) groups excluding carboxylic acids is 1. The van der Waals surface area contributed by atoms with Gasteiger partial charge < -0.3 is 15.8 Å². The fourth-order valence-corrected chi connectivity index (χ4v) is 2.65. The van der Waals surface area contributed by atoms with Gasteiger partial charge in [0.2, 0.25) is 5.91 Å². The second-order valence-corrected chi connectivity index (χ2v) is 5.57. The summed E-state index contributed by atoms with van der Waals surface area (Å²) in [6.07, 6.45) is 1.68. The summed E-state index contributed by atoms with van der Waals surface area (Å²) in [6.45, 7) is 2.42. The van der Waals surface area contributed by atoms with E-state index in [4.69, 9.17) is 10.5 Å². The molecule has 1 atom stereocenters. The van der Waals surface area contributed by atoms with Crippen LogP contribution in [-0.4, -0.2) is 36.4 Å². The summed E-state index contributed by atoms with van der Waals surface area (Å²) in [5, 5.41) is 3.35. The number of nitrogen functional groups attached to an aromatic ring is 1. The van der Waals surface area contributed by atoms with E-state index in [9.17, 15) is 4.79 Å². The van der Waals surface area contributed by atoms with Crippen LogP contribution in [0.4, 0.5) is 5.13 Å². The first kappa shape index (κ1) is 13.3. The molecule has 0 saturated carbocycles. The number of aromatic nitrogens is 1. The highest BCUT2D eigenvalue weighted by Gasteiger charge is 2.08. The van der Waals surface area contributed by atoms with Gasteiger partial charge in [-0.25, -0.2) is 4.98 Å². The molecule has 0 aliphatic rings. The number of rotatable bonds is 6. The summed E-state index contributed by atoms with van der Waals surface area (Å²) in [4.78, 5) is 15.4. The Labute approximate surface area is 103 Å². The number of thiazole rings is 1. The summed E-state index contributed by atoms with van der Waals surface area (Å²) >= 11 is 2.82. The zero-order valence-corrected chi connectivity index (χ0v) is 10.9. The Hall–Kier alpha value is -0.790. The Balaban J connectivity index is 2.25. The van der Waals surface area contributed by atoms with E-state index in [0.717, 1.165) is 4.21 Å². The van der Waals surface area contributed by atoms with Crippen LogP contribution in [-0.2, 0) is 9.53 Å². The van der Waals surface area contributed by atoms with Crippen molar-refractivity contribution in [2.24, 2.45) is 0 Å². The van der Waals surface area contributed by atoms with Gasteiger partial charge in [-0.15, -0.1) is 11.8 Å². The van der Waals surface area contributed by atoms with Gasteiger partial charge >= 0.3 is 0 Å². The largest absolute Gasteiger partial charge is 0.383 e. The Morgan fingerprint density at radius 1 is 1.81 bits per heavy atom. The number of nitrogens with one attached hydrogen (secondary N) is 1. The molecule has 1 aromatic heterocycles. The van der Waals surface area contributed by atoms with Crippen molar-refractivity contribution in [3.8, 4) is 0 Å². The fraction of sp³-hybridized carbons (Fsp3) is 0.556. The third-order valence-corrected chi connectivity index (χ3v) is 3.69. The Bertz CT molecular complexity index is 343. The molecule has 0 bridgehead atoms. The minimum Gasteiger partial charge on any atom is -0.383 e. The predicted molar refractivity (Wildman–Crippen MR) is 66.7 cm³/mol. The lowest BCUT2D eigenvalue weighted by Gasteiger charge is -2.11. The Morgan fingerprint density at radius 3 is 3.12 bits per heavy atom. The topological polar surface area (TPSA) is 77.2 Å². The second-order valence-electron chi connectivity index (χ2n) is 3.23. The van der Waals surface area contributed by atoms with Gasteiger partial charge in [0.15, 0.2) is 5.13 Å². The zero-order chi connectivity index (χ0) is 12.0. The van der Waals surface area contributed by atoms with Crippen LogP contribution in [0.25, 0.3) is 0 Å². The van der Waals surface area contributed by atoms with Crippen molar-refractivity contribution in [3.63, 3.8) is 0 Å². The second kappa shape index (κ2) is 6.72. The van der Waals surface area contributed by atoms with E-state index in [2.05, 4.69) is 10.3 Å². The third-order valence-electron chi connectivity index (χ3n) is 1.67. The van der Waals surface area contributed by atoms with E-state index in [-0.39, 0.29) is 11.9 Å². The number of carbonyl (C=O) groups is 1. The molecule has 1 amide bonds. The normalized spacial score (nSPS) is 12.4. The number of anilines is 1. The summed E-state index contributed by atoms with van der Waals surface area (Å²) < 4.78 is 5.88. The summed E-state index contributed by atoms with van der Waals surface area (Å²) in [7, 11) is 1.61. The number of amides is 1. The van der Waals surface area contributed by atoms with Crippen molar-refractivity contribution >= 4 is 34.1 Å². The van der Waals surface area contributed by atoms with Crippen molar-refractivity contribution in [1.82, 2.24) is 10.3 Å². The maximum absolute atomic E-state index is 11.5. The minimum atomic E-state index is -0.0125. The first-order chi connectivity index (χ1) is 7.61. The van der Waals surface area contributed by atoms with Crippen molar-refractivity contribution in [3.05, 3.63) is 6.20 Å². The van der Waals surface area contributed by atoms with E-state index < -0.39 is 0 Å². The first-order valence-electron chi connectivity index (χ1n) is 4.74. The lowest BCUT2D eigenvalue weighted by molar-refractivity contribution is -0.119. The predicted octanol–water partition coefficient (Wildman–Crippen LogP) is 0.968. The van der Waals surface area contributed by atoms with Crippen LogP contribution >= 0.6 is 23.1 Å². The summed E-state index contributed by atoms with van der Waals surface area (Å²) in [5.41, 5.74) is 5.48. The van der Waals surface area contributed by atoms with Crippen LogP contribution in [0.5, 0.6) is 0 Å². The number of thioether (sulfide) groups is 1. The SMILES string of the molecule is COCC(C)NC(=O)CSc1cnc(N)s1. The average Bonchev–Trinajstić information content (AvgIpc) is 2.61. The molecule has 0 spiro atoms. The van der Waals surface area contributed by atoms with Crippen LogP contribution in [0, 0.1) is 0 Å². The highest BCUT2D eigenvalue weighted by atomic mass is 32.2. The van der Waals surface area contributed by atoms with Gasteiger partial charge in [-0.2, -0.15) is 0 Å². The van der Waals surface area contributed by atoms with Crippen LogP contribution in [0.15, 0.2) is 10.4 Å². The van der Waals surface area contributed by atoms with Crippen LogP contribution in [0.1, 0.15) is 6.92 Å². The Kier molecular flexibility index (Phi) is 5.58. The van der Waals surface area contributed by atoms with Gasteiger partial charge in [0.25, 0.3) is 0 Å². The molecule has 0 fully saturated rings. The number of methoxy groups -OCH3 is 1. The van der Waals surface area contributed by atoms with Gasteiger partial charge in [-0.05, 0) is 6.92 Å². The third kappa shape index (κ3) is 4.82. The summed E-state index contributed by atoms with van der Waals surface area (Å²) in [6, 6.07) is 0.0321. The molecular formula is C9H15N3O2S2. The molecule has 1 heterocycles. The van der Waals surface area contributed by atoms with Crippen molar-refractivity contribution < 1.29 is 9.53 Å². The number of nitrogens with two attached hydrogens (primary N) is 1. The van der Waals surface area contributed by atoms with E-state index in [1.807, 2.05) is 6.92 Å². The van der Waals surface area contributed by atoms with E-state index in [0.29, 0.717) is 17.5 Å². The molecule has 5 nitrogen and oxygen atoms in total. The van der Waals surface area contributed by atoms with Gasteiger partial charge in [0.05, 0.1) is 22.8 Å². The maximum atomic E-state index is 11.5. The molecule has 16 heavy (non-hydrogen) atoms. The lowest BCUT2D eigenvalue weighted by atomic mass is 10.3. The Morgan fingerprint density at radius 2 is 2.56 bits per heavy atom. The molecule has 3 N–H and O–H groups in total. The molecule has 0 saturated heterocycles. The monoisotopic (exact) mass is 261 g/mol. The average molecular weight is 261 g/mol. The minimum absolute atomic E-state index is 0.0125. The van der Waals surface area contributed by atoms with Crippen LogP contribution < -0.4 is 11.1 Å². The summed E-state index contributed by atoms with van der Waals surface area (Å²) in [5.74, 6) is 0.358. The molecular weight excluding hydrogens is 246 g/mol. The molecule has 1 unspecified atom stereocenters. The van der Waals surface area contributed by atoms with Gasteiger partial charge in [0, 0.05) is 13.2 Å². The van der Waals surface area contributed by atoms with E-state index in [1.165, 1.54) is 23.1 Å². The van der Waals surface area contributed by atoms with Gasteiger partial charge in [-0.3, -0.25) is 4.79 Å². The van der Waals surface area contributed by atoms with Crippen molar-refractivity contribution in [1.29, 1.82) is 0 Å². The van der Waals surface area contributed by atoms with Crippen LogP contribution in [0.2, 0.25) is 0 Å². The fourth-order valence-electron chi connectivity index (χ4n) is 1.08. The van der Waals surface area contributed by atoms with Gasteiger partial charge in [0.1, 0.15) is 0 Å². The van der Waals surface area contributed by atoms with E-state index >= 15 is 0 Å². The van der Waals surface area contributed by atoms with Gasteiger partial charge in [-0.1, -0.05) is 11.3 Å². The molecule has 0 aliphatic carbocycles. The first-order valence-corrected chi connectivity index (χ1v) is 6.54. The molecule has 0 aromatic carbocycles. The smallest absolute Gasteiger partial charge is 0.230 e. The molecule has 0 radical (unpaired) electrons. The highest BCUT2D eigenvalue weighted by Crippen LogP contribution is 2.25.